The maximum absolute atomic E-state index is 11.4. The lowest BCUT2D eigenvalue weighted by Crippen LogP contribution is -2.03. The number of nitrogens with one attached hydrogen (secondary N) is 1. The lowest BCUT2D eigenvalue weighted by Gasteiger charge is -2.14. The van der Waals surface area contributed by atoms with Gasteiger partial charge in [-0.2, -0.15) is 0 Å². The summed E-state index contributed by atoms with van der Waals surface area (Å²) in [5.41, 5.74) is 4.76. The highest BCUT2D eigenvalue weighted by molar-refractivity contribution is 6.33. The molecule has 1 unspecified atom stereocenters. The van der Waals surface area contributed by atoms with Crippen LogP contribution in [-0.2, 0) is 11.2 Å². The topological polar surface area (TPSA) is 29.1 Å². The van der Waals surface area contributed by atoms with Crippen molar-refractivity contribution < 1.29 is 4.79 Å². The van der Waals surface area contributed by atoms with Crippen molar-refractivity contribution in [1.29, 1.82) is 0 Å². The van der Waals surface area contributed by atoms with Gasteiger partial charge in [-0.1, -0.05) is 41.4 Å². The number of hydrogen-bond acceptors (Lipinski definition) is 1. The Bertz CT molecular complexity index is 680. The van der Waals surface area contributed by atoms with Crippen LogP contribution in [0.25, 0.3) is 0 Å². The minimum absolute atomic E-state index is 0.00493. The van der Waals surface area contributed by atoms with Gasteiger partial charge in [0.15, 0.2) is 0 Å². The van der Waals surface area contributed by atoms with Gasteiger partial charge in [-0.15, -0.1) is 11.6 Å². The first-order valence-corrected chi connectivity index (χ1v) is 7.19. The average Bonchev–Trinajstić information content (AvgIpc) is 2.77. The molecule has 102 valence electrons. The molecule has 0 fully saturated rings. The zero-order valence-corrected chi connectivity index (χ0v) is 12.4. The zero-order chi connectivity index (χ0) is 14.3. The van der Waals surface area contributed by atoms with E-state index in [0.29, 0.717) is 11.4 Å². The summed E-state index contributed by atoms with van der Waals surface area (Å²) >= 11 is 12.8. The number of benzene rings is 2. The molecule has 1 N–H and O–H groups in total. The number of alkyl halides is 1. The molecular formula is C16H13Cl2NO. The molecule has 1 aliphatic rings. The number of hydrogen-bond donors (Lipinski definition) is 1. The van der Waals surface area contributed by atoms with E-state index in [-0.39, 0.29) is 11.3 Å². The maximum Gasteiger partial charge on any atom is 0.228 e. The fourth-order valence-electron chi connectivity index (χ4n) is 2.38. The molecule has 1 aliphatic heterocycles. The van der Waals surface area contributed by atoms with E-state index in [0.717, 1.165) is 22.4 Å². The molecule has 0 aromatic heterocycles. The summed E-state index contributed by atoms with van der Waals surface area (Å²) in [6, 6.07) is 11.8. The van der Waals surface area contributed by atoms with Gasteiger partial charge in [-0.3, -0.25) is 4.79 Å². The first-order valence-electron chi connectivity index (χ1n) is 6.37. The van der Waals surface area contributed by atoms with Crippen molar-refractivity contribution in [2.24, 2.45) is 0 Å². The highest BCUT2D eigenvalue weighted by Gasteiger charge is 2.22. The van der Waals surface area contributed by atoms with E-state index in [4.69, 9.17) is 23.2 Å². The number of carbonyl (C=O) groups excluding carboxylic acids is 1. The highest BCUT2D eigenvalue weighted by Crippen LogP contribution is 2.38. The van der Waals surface area contributed by atoms with E-state index >= 15 is 0 Å². The summed E-state index contributed by atoms with van der Waals surface area (Å²) in [7, 11) is 0. The van der Waals surface area contributed by atoms with Gasteiger partial charge < -0.3 is 5.32 Å². The Labute approximate surface area is 127 Å². The number of amides is 1. The molecule has 20 heavy (non-hydrogen) atoms. The van der Waals surface area contributed by atoms with Crippen molar-refractivity contribution in [3.8, 4) is 0 Å². The molecule has 1 heterocycles. The van der Waals surface area contributed by atoms with Crippen molar-refractivity contribution in [1.82, 2.24) is 0 Å². The first kappa shape index (κ1) is 13.5. The molecule has 0 spiro atoms. The molecule has 4 heteroatoms. The summed E-state index contributed by atoms with van der Waals surface area (Å²) in [4.78, 5) is 11.4. The Hall–Kier alpha value is -1.51. The van der Waals surface area contributed by atoms with Gasteiger partial charge in [0.2, 0.25) is 5.91 Å². The van der Waals surface area contributed by atoms with Gasteiger partial charge in [0.25, 0.3) is 0 Å². The fraction of sp³-hybridized carbons (Fsp3) is 0.188. The molecular weight excluding hydrogens is 293 g/mol. The number of halogens is 2. The predicted molar refractivity (Wildman–Crippen MR) is 82.7 cm³/mol. The normalized spacial score (nSPS) is 14.8. The number of aryl methyl sites for hydroxylation is 1. The van der Waals surface area contributed by atoms with Crippen molar-refractivity contribution in [3.63, 3.8) is 0 Å². The number of anilines is 1. The van der Waals surface area contributed by atoms with Crippen LogP contribution in [0.1, 0.15) is 27.6 Å². The van der Waals surface area contributed by atoms with Gasteiger partial charge in [0, 0.05) is 10.7 Å². The summed E-state index contributed by atoms with van der Waals surface area (Å²) < 4.78 is 0. The van der Waals surface area contributed by atoms with Crippen molar-refractivity contribution >= 4 is 34.8 Å². The lowest BCUT2D eigenvalue weighted by atomic mass is 10.00. The van der Waals surface area contributed by atoms with Crippen LogP contribution < -0.4 is 5.32 Å². The maximum atomic E-state index is 11.4. The van der Waals surface area contributed by atoms with Gasteiger partial charge in [-0.05, 0) is 35.7 Å². The van der Waals surface area contributed by atoms with Crippen LogP contribution in [0, 0.1) is 6.92 Å². The van der Waals surface area contributed by atoms with E-state index in [1.807, 2.05) is 37.3 Å². The third kappa shape index (κ3) is 2.41. The van der Waals surface area contributed by atoms with E-state index in [9.17, 15) is 4.79 Å². The second-order valence-electron chi connectivity index (χ2n) is 5.03. The van der Waals surface area contributed by atoms with E-state index in [1.165, 1.54) is 5.56 Å². The van der Waals surface area contributed by atoms with E-state index in [1.54, 1.807) is 6.07 Å². The standard InChI is InChI=1S/C16H13Cl2NO/c1-9-2-4-10(5-3-9)16(18)12-6-11-7-15(20)19-14(11)8-13(12)17/h2-6,8,16H,7H2,1H3,(H,19,20). The third-order valence-electron chi connectivity index (χ3n) is 3.49. The molecule has 0 bridgehead atoms. The number of rotatable bonds is 2. The second-order valence-corrected chi connectivity index (χ2v) is 5.87. The molecule has 0 aliphatic carbocycles. The highest BCUT2D eigenvalue weighted by atomic mass is 35.5. The smallest absolute Gasteiger partial charge is 0.228 e. The summed E-state index contributed by atoms with van der Waals surface area (Å²) in [5, 5.41) is 3.04. The molecule has 2 aromatic rings. The van der Waals surface area contributed by atoms with Crippen molar-refractivity contribution in [2.45, 2.75) is 18.7 Å². The van der Waals surface area contributed by atoms with Crippen LogP contribution in [0.5, 0.6) is 0 Å². The second kappa shape index (κ2) is 5.12. The summed E-state index contributed by atoms with van der Waals surface area (Å²) in [5.74, 6) is -0.00493. The van der Waals surface area contributed by atoms with Crippen molar-refractivity contribution in [2.75, 3.05) is 5.32 Å². The lowest BCUT2D eigenvalue weighted by molar-refractivity contribution is -0.115. The van der Waals surface area contributed by atoms with Crippen LogP contribution in [-0.4, -0.2) is 5.91 Å². The Balaban J connectivity index is 2.00. The Morgan fingerprint density at radius 1 is 1.20 bits per heavy atom. The predicted octanol–water partition coefficient (Wildman–Crippen LogP) is 4.47. The molecule has 0 saturated carbocycles. The number of carbonyl (C=O) groups is 1. The fourth-order valence-corrected chi connectivity index (χ4v) is 3.03. The summed E-state index contributed by atoms with van der Waals surface area (Å²) in [6.07, 6.45) is 0.386. The van der Waals surface area contributed by atoms with Gasteiger partial charge >= 0.3 is 0 Å². The summed E-state index contributed by atoms with van der Waals surface area (Å²) in [6.45, 7) is 2.03. The van der Waals surface area contributed by atoms with Gasteiger partial charge in [0.1, 0.15) is 0 Å². The van der Waals surface area contributed by atoms with Crippen LogP contribution >= 0.6 is 23.2 Å². The molecule has 2 nitrogen and oxygen atoms in total. The molecule has 0 radical (unpaired) electrons. The molecule has 1 atom stereocenters. The minimum atomic E-state index is -0.316. The van der Waals surface area contributed by atoms with Crippen LogP contribution in [0.2, 0.25) is 5.02 Å². The molecule has 2 aromatic carbocycles. The van der Waals surface area contributed by atoms with Crippen LogP contribution in [0.4, 0.5) is 5.69 Å². The Morgan fingerprint density at radius 3 is 2.60 bits per heavy atom. The minimum Gasteiger partial charge on any atom is -0.325 e. The average molecular weight is 306 g/mol. The molecule has 3 rings (SSSR count). The Kier molecular flexibility index (Phi) is 3.45. The molecule has 0 saturated heterocycles. The van der Waals surface area contributed by atoms with Crippen molar-refractivity contribution in [3.05, 3.63) is 63.7 Å². The molecule has 1 amide bonds. The SMILES string of the molecule is Cc1ccc(C(Cl)c2cc3c(cc2Cl)NC(=O)C3)cc1. The van der Waals surface area contributed by atoms with Crippen LogP contribution in [0.3, 0.4) is 0 Å². The van der Waals surface area contributed by atoms with Gasteiger partial charge in [0.05, 0.1) is 11.8 Å². The zero-order valence-electron chi connectivity index (χ0n) is 10.9. The largest absolute Gasteiger partial charge is 0.325 e. The monoisotopic (exact) mass is 305 g/mol. The quantitative estimate of drug-likeness (QED) is 0.815. The third-order valence-corrected chi connectivity index (χ3v) is 4.31. The van der Waals surface area contributed by atoms with Gasteiger partial charge in [-0.25, -0.2) is 0 Å². The first-order chi connectivity index (χ1) is 9.54. The Morgan fingerprint density at radius 2 is 1.90 bits per heavy atom. The van der Waals surface area contributed by atoms with E-state index in [2.05, 4.69) is 5.32 Å². The van der Waals surface area contributed by atoms with Crippen LogP contribution in [0.15, 0.2) is 36.4 Å². The van der Waals surface area contributed by atoms with E-state index < -0.39 is 0 Å². The number of fused-ring (bicyclic) bond motifs is 1.